The van der Waals surface area contributed by atoms with Crippen LogP contribution in [0.4, 0.5) is 0 Å². The van der Waals surface area contributed by atoms with Gasteiger partial charge in [0, 0.05) is 0 Å². The van der Waals surface area contributed by atoms with Gasteiger partial charge in [0.25, 0.3) is 0 Å². The molecule has 0 unspecified atom stereocenters. The molecule has 0 bridgehead atoms. The van der Waals surface area contributed by atoms with Crippen molar-refractivity contribution in [1.29, 1.82) is 0 Å². The van der Waals surface area contributed by atoms with E-state index < -0.39 is 0 Å². The van der Waals surface area contributed by atoms with Crippen LogP contribution < -0.4 is 0 Å². The Balaban J connectivity index is 1.80. The van der Waals surface area contributed by atoms with E-state index in [-0.39, 0.29) is 0 Å². The van der Waals surface area contributed by atoms with Gasteiger partial charge in [-0.2, -0.15) is 0 Å². The molecule has 0 aliphatic heterocycles. The predicted molar refractivity (Wildman–Crippen MR) is 119 cm³/mol. The van der Waals surface area contributed by atoms with Gasteiger partial charge in [0.2, 0.25) is 0 Å². The van der Waals surface area contributed by atoms with E-state index >= 15 is 0 Å². The van der Waals surface area contributed by atoms with Gasteiger partial charge >= 0.3 is 0 Å². The Labute approximate surface area is 164 Å². The second-order valence-electron chi connectivity index (χ2n) is 7.32. The highest BCUT2D eigenvalue weighted by molar-refractivity contribution is 6.29. The quantitative estimate of drug-likeness (QED) is 0.286. The maximum atomic E-state index is 2.27. The summed E-state index contributed by atoms with van der Waals surface area (Å²) in [7, 11) is 0. The minimum Gasteiger partial charge on any atom is -0.0622 e. The summed E-state index contributed by atoms with van der Waals surface area (Å²) in [6, 6.07) is 39.2. The van der Waals surface area contributed by atoms with E-state index in [1.165, 1.54) is 54.9 Å². The van der Waals surface area contributed by atoms with Gasteiger partial charge in [0.05, 0.1) is 0 Å². The van der Waals surface area contributed by atoms with Crippen molar-refractivity contribution >= 4 is 32.7 Å². The third-order valence-corrected chi connectivity index (χ3v) is 5.81. The van der Waals surface area contributed by atoms with Gasteiger partial charge in [-0.3, -0.25) is 0 Å². The summed E-state index contributed by atoms with van der Waals surface area (Å²) in [5.74, 6) is 0. The Morgan fingerprint density at radius 2 is 0.607 bits per heavy atom. The molecule has 0 nitrogen and oxygen atoms in total. The highest BCUT2D eigenvalue weighted by Crippen LogP contribution is 2.53. The molecule has 0 radical (unpaired) electrons. The lowest BCUT2D eigenvalue weighted by molar-refractivity contribution is 1.47. The zero-order valence-corrected chi connectivity index (χ0v) is 15.4. The molecule has 6 rings (SSSR count). The fourth-order valence-corrected chi connectivity index (χ4v) is 4.64. The van der Waals surface area contributed by atoms with Crippen LogP contribution >= 0.6 is 0 Å². The summed E-state index contributed by atoms with van der Waals surface area (Å²) < 4.78 is 0. The Kier molecular flexibility index (Phi) is 3.27. The zero-order valence-electron chi connectivity index (χ0n) is 15.4. The van der Waals surface area contributed by atoms with E-state index in [1.54, 1.807) is 0 Å². The summed E-state index contributed by atoms with van der Waals surface area (Å²) in [5.41, 5.74) is 8.08. The van der Waals surface area contributed by atoms with Gasteiger partial charge in [0.15, 0.2) is 0 Å². The van der Waals surface area contributed by atoms with Crippen LogP contribution in [-0.4, -0.2) is 0 Å². The Hall–Kier alpha value is -3.64. The van der Waals surface area contributed by atoms with Crippen LogP contribution in [0.15, 0.2) is 109 Å². The van der Waals surface area contributed by atoms with Crippen LogP contribution in [0, 0.1) is 0 Å². The summed E-state index contributed by atoms with van der Waals surface area (Å²) in [6.07, 6.45) is 0. The van der Waals surface area contributed by atoms with Crippen molar-refractivity contribution in [3.63, 3.8) is 0 Å². The molecule has 0 amide bonds. The third-order valence-electron chi connectivity index (χ3n) is 5.81. The standard InChI is InChI=1S/C28H18/c1-3-11-19(12-4-1)25-26(20-13-5-2-6-14-20)28-24-18-10-8-16-22(24)21-15-7-9-17-23(21)27(25)28/h1-18H. The van der Waals surface area contributed by atoms with Crippen molar-refractivity contribution in [3.05, 3.63) is 131 Å². The molecule has 5 aromatic carbocycles. The first-order valence-electron chi connectivity index (χ1n) is 9.73. The molecule has 0 N–H and O–H groups in total. The minimum atomic E-state index is 1.29. The van der Waals surface area contributed by atoms with Crippen LogP contribution in [0.3, 0.4) is 0 Å². The molecule has 0 heteroatoms. The summed E-state index contributed by atoms with van der Waals surface area (Å²) in [4.78, 5) is 0. The first kappa shape index (κ1) is 15.4. The van der Waals surface area contributed by atoms with Crippen molar-refractivity contribution in [2.24, 2.45) is 0 Å². The lowest BCUT2D eigenvalue weighted by atomic mass is 9.70. The molecule has 0 saturated carbocycles. The highest BCUT2D eigenvalue weighted by Gasteiger charge is 2.32. The summed E-state index contributed by atoms with van der Waals surface area (Å²) in [5, 5.41) is 5.35. The van der Waals surface area contributed by atoms with Crippen LogP contribution in [0.1, 0.15) is 22.3 Å². The molecule has 0 saturated heterocycles. The average molecular weight is 354 g/mol. The molecule has 0 aromatic heterocycles. The molecule has 1 aliphatic carbocycles. The Bertz CT molecular complexity index is 1270. The fourth-order valence-electron chi connectivity index (χ4n) is 4.64. The number of hydrogen-bond donors (Lipinski definition) is 0. The van der Waals surface area contributed by atoms with E-state index in [9.17, 15) is 0 Å². The first-order chi connectivity index (χ1) is 13.9. The number of hydrogen-bond acceptors (Lipinski definition) is 0. The number of fused-ring (bicyclic) bond motifs is 6. The van der Waals surface area contributed by atoms with E-state index in [4.69, 9.17) is 0 Å². The maximum Gasteiger partial charge on any atom is -0.000741 e. The van der Waals surface area contributed by atoms with Crippen LogP contribution in [-0.2, 0) is 0 Å². The lowest BCUT2D eigenvalue weighted by Crippen LogP contribution is -2.11. The van der Waals surface area contributed by atoms with Gasteiger partial charge in [-0.1, -0.05) is 109 Å². The van der Waals surface area contributed by atoms with Crippen molar-refractivity contribution in [3.8, 4) is 0 Å². The van der Waals surface area contributed by atoms with Gasteiger partial charge in [-0.05, 0) is 54.9 Å². The molecule has 5 aromatic rings. The molecule has 28 heavy (non-hydrogen) atoms. The second kappa shape index (κ2) is 5.94. The largest absolute Gasteiger partial charge is 0.0622 e. The molecule has 0 fully saturated rings. The molecule has 0 spiro atoms. The van der Waals surface area contributed by atoms with Gasteiger partial charge in [-0.15, -0.1) is 0 Å². The van der Waals surface area contributed by atoms with Gasteiger partial charge in [0.1, 0.15) is 0 Å². The fraction of sp³-hybridized carbons (Fsp3) is 0. The normalized spacial score (nSPS) is 12.9. The molecular formula is C28H18. The monoisotopic (exact) mass is 354 g/mol. The maximum absolute atomic E-state index is 2.27. The number of rotatable bonds is 2. The average Bonchev–Trinajstić information content (AvgIpc) is 2.75. The summed E-state index contributed by atoms with van der Waals surface area (Å²) in [6.45, 7) is 0. The Morgan fingerprint density at radius 1 is 0.286 bits per heavy atom. The lowest BCUT2D eigenvalue weighted by Gasteiger charge is -2.32. The third kappa shape index (κ3) is 2.06. The topological polar surface area (TPSA) is 0 Å². The van der Waals surface area contributed by atoms with Crippen molar-refractivity contribution in [1.82, 2.24) is 0 Å². The summed E-state index contributed by atoms with van der Waals surface area (Å²) >= 11 is 0. The zero-order chi connectivity index (χ0) is 18.5. The minimum absolute atomic E-state index is 1.29. The van der Waals surface area contributed by atoms with Crippen LogP contribution in [0.5, 0.6) is 0 Å². The predicted octanol–water partition coefficient (Wildman–Crippen LogP) is 7.31. The second-order valence-corrected chi connectivity index (χ2v) is 7.32. The van der Waals surface area contributed by atoms with E-state index in [2.05, 4.69) is 109 Å². The van der Waals surface area contributed by atoms with E-state index in [0.717, 1.165) is 0 Å². The van der Waals surface area contributed by atoms with Crippen molar-refractivity contribution in [2.45, 2.75) is 0 Å². The molecule has 0 atom stereocenters. The smallest absolute Gasteiger partial charge is 0.000741 e. The van der Waals surface area contributed by atoms with Crippen LogP contribution in [0.25, 0.3) is 32.7 Å². The van der Waals surface area contributed by atoms with Crippen molar-refractivity contribution < 1.29 is 0 Å². The molecule has 130 valence electrons. The molecular weight excluding hydrogens is 336 g/mol. The van der Waals surface area contributed by atoms with Gasteiger partial charge < -0.3 is 0 Å². The van der Waals surface area contributed by atoms with E-state index in [1.807, 2.05) is 0 Å². The highest BCUT2D eigenvalue weighted by atomic mass is 14.3. The van der Waals surface area contributed by atoms with E-state index in [0.29, 0.717) is 0 Å². The first-order valence-corrected chi connectivity index (χ1v) is 9.73. The number of benzene rings is 5. The Morgan fingerprint density at radius 3 is 1.00 bits per heavy atom. The molecule has 1 aliphatic rings. The SMILES string of the molecule is c1ccc(C2=C(c3ccccc3)c3c2c2ccccc2c2ccccc32)cc1. The van der Waals surface area contributed by atoms with Crippen LogP contribution in [0.2, 0.25) is 0 Å². The molecule has 0 heterocycles. The van der Waals surface area contributed by atoms with Gasteiger partial charge in [-0.25, -0.2) is 0 Å². The van der Waals surface area contributed by atoms with Crippen molar-refractivity contribution in [2.75, 3.05) is 0 Å².